The molecule has 1 fully saturated rings. The Bertz CT molecular complexity index is 1050. The maximum absolute atomic E-state index is 12.9. The Balaban J connectivity index is 1.38. The lowest BCUT2D eigenvalue weighted by atomic mass is 9.95. The fourth-order valence-electron chi connectivity index (χ4n) is 4.16. The lowest BCUT2D eigenvalue weighted by Gasteiger charge is -2.34. The zero-order chi connectivity index (χ0) is 21.1. The van der Waals surface area contributed by atoms with Crippen LogP contribution in [0.15, 0.2) is 63.9 Å². The van der Waals surface area contributed by atoms with Crippen molar-refractivity contribution in [3.8, 4) is 0 Å². The molecule has 0 aromatic heterocycles. The molecule has 1 amide bonds. The molecule has 0 aliphatic carbocycles. The predicted molar refractivity (Wildman–Crippen MR) is 117 cm³/mol. The Morgan fingerprint density at radius 1 is 1.17 bits per heavy atom. The highest BCUT2D eigenvalue weighted by Gasteiger charge is 2.35. The maximum atomic E-state index is 12.9. The van der Waals surface area contributed by atoms with Crippen LogP contribution in [-0.4, -0.2) is 44.2 Å². The lowest BCUT2D eigenvalue weighted by molar-refractivity contribution is -0.126. The second-order valence-electron chi connectivity index (χ2n) is 8.11. The monoisotopic (exact) mass is 425 g/mol. The van der Waals surface area contributed by atoms with Crippen LogP contribution in [0.2, 0.25) is 0 Å². The molecule has 1 saturated heterocycles. The number of sulfonamides is 1. The zero-order valence-corrected chi connectivity index (χ0v) is 17.9. The van der Waals surface area contributed by atoms with Gasteiger partial charge in [-0.15, -0.1) is 4.40 Å². The summed E-state index contributed by atoms with van der Waals surface area (Å²) in [5.41, 5.74) is 1.90. The van der Waals surface area contributed by atoms with Crippen molar-refractivity contribution in [2.45, 2.75) is 43.5 Å². The van der Waals surface area contributed by atoms with Gasteiger partial charge in [-0.25, -0.2) is 0 Å². The van der Waals surface area contributed by atoms with E-state index < -0.39 is 10.0 Å². The van der Waals surface area contributed by atoms with Crippen LogP contribution in [0.4, 0.5) is 0 Å². The van der Waals surface area contributed by atoms with Crippen LogP contribution in [-0.2, 0) is 21.2 Å². The number of rotatable bonds is 5. The van der Waals surface area contributed by atoms with Crippen LogP contribution in [0.3, 0.4) is 0 Å². The smallest absolute Gasteiger partial charge is 0.285 e. The number of carbonyl (C=O) groups is 1. The highest BCUT2D eigenvalue weighted by molar-refractivity contribution is 7.90. The van der Waals surface area contributed by atoms with E-state index in [1.54, 1.807) is 18.2 Å². The molecule has 0 spiro atoms. The van der Waals surface area contributed by atoms with E-state index >= 15 is 0 Å². The van der Waals surface area contributed by atoms with E-state index in [0.717, 1.165) is 25.7 Å². The topological polar surface area (TPSA) is 78.8 Å². The summed E-state index contributed by atoms with van der Waals surface area (Å²) < 4.78 is 28.7. The van der Waals surface area contributed by atoms with E-state index in [9.17, 15) is 13.2 Å². The SMILES string of the molecule is C[C@H](CCc1ccccc1)NC(=O)[C@H]1CCCN(C2=NS(=O)(=O)c3ccccc32)C1. The minimum Gasteiger partial charge on any atom is -0.355 e. The second kappa shape index (κ2) is 8.60. The molecule has 0 saturated carbocycles. The number of hydrogen-bond acceptors (Lipinski definition) is 4. The van der Waals surface area contributed by atoms with Crippen LogP contribution >= 0.6 is 0 Å². The first-order valence-electron chi connectivity index (χ1n) is 10.5. The van der Waals surface area contributed by atoms with Crippen molar-refractivity contribution in [1.82, 2.24) is 10.2 Å². The molecule has 30 heavy (non-hydrogen) atoms. The van der Waals surface area contributed by atoms with Gasteiger partial charge in [0.15, 0.2) is 5.84 Å². The van der Waals surface area contributed by atoms with Crippen molar-refractivity contribution >= 4 is 21.8 Å². The summed E-state index contributed by atoms with van der Waals surface area (Å²) in [5.74, 6) is 0.339. The third-order valence-electron chi connectivity index (χ3n) is 5.80. The quantitative estimate of drug-likeness (QED) is 0.799. The number of nitrogens with one attached hydrogen (secondary N) is 1. The molecule has 2 aromatic rings. The molecule has 158 valence electrons. The molecule has 2 aromatic carbocycles. The summed E-state index contributed by atoms with van der Waals surface area (Å²) in [4.78, 5) is 15.1. The standard InChI is InChI=1S/C23H27N3O3S/c1-17(13-14-18-8-3-2-4-9-18)24-23(27)19-10-7-15-26(16-19)22-20-11-5-6-12-21(20)30(28,29)25-22/h2-6,8-9,11-12,17,19H,7,10,13-16H2,1H3,(H,24,27)/t17-,19+/m1/s1. The van der Waals surface area contributed by atoms with Crippen molar-refractivity contribution in [2.24, 2.45) is 10.3 Å². The minimum absolute atomic E-state index is 0.0370. The minimum atomic E-state index is -3.65. The number of amidine groups is 1. The molecule has 0 radical (unpaired) electrons. The van der Waals surface area contributed by atoms with Crippen molar-refractivity contribution in [3.63, 3.8) is 0 Å². The van der Waals surface area contributed by atoms with E-state index in [4.69, 9.17) is 0 Å². The summed E-state index contributed by atoms with van der Waals surface area (Å²) in [6, 6.07) is 17.2. The predicted octanol–water partition coefficient (Wildman–Crippen LogP) is 2.99. The van der Waals surface area contributed by atoms with Crippen LogP contribution in [0, 0.1) is 5.92 Å². The number of carbonyl (C=O) groups excluding carboxylic acids is 1. The first-order chi connectivity index (χ1) is 14.4. The van der Waals surface area contributed by atoms with Crippen molar-refractivity contribution in [1.29, 1.82) is 0 Å². The number of aryl methyl sites for hydroxylation is 1. The summed E-state index contributed by atoms with van der Waals surface area (Å²) in [6.07, 6.45) is 3.43. The highest BCUT2D eigenvalue weighted by atomic mass is 32.2. The van der Waals surface area contributed by atoms with Gasteiger partial charge in [-0.2, -0.15) is 8.42 Å². The fourth-order valence-corrected chi connectivity index (χ4v) is 5.39. The van der Waals surface area contributed by atoms with Gasteiger partial charge in [-0.3, -0.25) is 4.79 Å². The Morgan fingerprint density at radius 2 is 1.90 bits per heavy atom. The van der Waals surface area contributed by atoms with E-state index in [1.165, 1.54) is 5.56 Å². The molecule has 0 unspecified atom stereocenters. The Kier molecular flexibility index (Phi) is 5.90. The molecule has 2 atom stereocenters. The number of likely N-dealkylation sites (tertiary alicyclic amines) is 1. The van der Waals surface area contributed by atoms with Gasteiger partial charge in [0, 0.05) is 24.7 Å². The lowest BCUT2D eigenvalue weighted by Crippen LogP contribution is -2.47. The van der Waals surface area contributed by atoms with Gasteiger partial charge in [0.1, 0.15) is 4.90 Å². The average Bonchev–Trinajstić information content (AvgIpc) is 3.04. The molecule has 2 aliphatic heterocycles. The number of piperidine rings is 1. The summed E-state index contributed by atoms with van der Waals surface area (Å²) in [7, 11) is -3.65. The van der Waals surface area contributed by atoms with Gasteiger partial charge in [-0.1, -0.05) is 42.5 Å². The molecular weight excluding hydrogens is 398 g/mol. The molecule has 0 bridgehead atoms. The Hall–Kier alpha value is -2.67. The third-order valence-corrected chi connectivity index (χ3v) is 7.13. The largest absolute Gasteiger partial charge is 0.355 e. The normalized spacial score (nSPS) is 20.9. The van der Waals surface area contributed by atoms with Crippen LogP contribution < -0.4 is 5.32 Å². The van der Waals surface area contributed by atoms with Crippen LogP contribution in [0.5, 0.6) is 0 Å². The third kappa shape index (κ3) is 4.41. The van der Waals surface area contributed by atoms with Gasteiger partial charge >= 0.3 is 0 Å². The summed E-state index contributed by atoms with van der Waals surface area (Å²) in [6.45, 7) is 3.22. The summed E-state index contributed by atoms with van der Waals surface area (Å²) in [5, 5.41) is 3.14. The first kappa shape index (κ1) is 20.6. The molecule has 2 heterocycles. The fraction of sp³-hybridized carbons (Fsp3) is 0.391. The Labute approximate surface area is 178 Å². The van der Waals surface area contributed by atoms with E-state index in [1.807, 2.05) is 36.1 Å². The number of benzene rings is 2. The molecule has 6 nitrogen and oxygen atoms in total. The number of amides is 1. The number of hydrogen-bond donors (Lipinski definition) is 1. The second-order valence-corrected chi connectivity index (χ2v) is 9.68. The summed E-state index contributed by atoms with van der Waals surface area (Å²) >= 11 is 0. The first-order valence-corrected chi connectivity index (χ1v) is 11.9. The van der Waals surface area contributed by atoms with Crippen molar-refractivity contribution in [2.75, 3.05) is 13.1 Å². The van der Waals surface area contributed by atoms with Crippen molar-refractivity contribution < 1.29 is 13.2 Å². The van der Waals surface area contributed by atoms with Gasteiger partial charge in [-0.05, 0) is 50.3 Å². The van der Waals surface area contributed by atoms with Gasteiger partial charge in [0.2, 0.25) is 5.91 Å². The highest BCUT2D eigenvalue weighted by Crippen LogP contribution is 2.29. The molecule has 4 rings (SSSR count). The Morgan fingerprint density at radius 3 is 2.70 bits per heavy atom. The van der Waals surface area contributed by atoms with E-state index in [0.29, 0.717) is 24.5 Å². The van der Waals surface area contributed by atoms with E-state index in [2.05, 4.69) is 21.8 Å². The van der Waals surface area contributed by atoms with E-state index in [-0.39, 0.29) is 22.8 Å². The maximum Gasteiger partial charge on any atom is 0.285 e. The van der Waals surface area contributed by atoms with Gasteiger partial charge in [0.05, 0.1) is 5.92 Å². The van der Waals surface area contributed by atoms with Gasteiger partial charge in [0.25, 0.3) is 10.0 Å². The number of nitrogens with zero attached hydrogens (tertiary/aromatic N) is 2. The van der Waals surface area contributed by atoms with Crippen LogP contribution in [0.1, 0.15) is 37.3 Å². The molecule has 1 N–H and O–H groups in total. The molecule has 7 heteroatoms. The molecular formula is C23H27N3O3S. The molecule has 2 aliphatic rings. The van der Waals surface area contributed by atoms with Crippen molar-refractivity contribution in [3.05, 3.63) is 65.7 Å². The van der Waals surface area contributed by atoms with Crippen LogP contribution in [0.25, 0.3) is 0 Å². The average molecular weight is 426 g/mol. The zero-order valence-electron chi connectivity index (χ0n) is 17.1. The number of fused-ring (bicyclic) bond motifs is 1. The van der Waals surface area contributed by atoms with Gasteiger partial charge < -0.3 is 10.2 Å².